The Bertz CT molecular complexity index is 601. The van der Waals surface area contributed by atoms with Crippen LogP contribution in [0.4, 0.5) is 8.78 Å². The third kappa shape index (κ3) is 2.71. The van der Waals surface area contributed by atoms with Crippen LogP contribution in [-0.2, 0) is 6.42 Å². The van der Waals surface area contributed by atoms with E-state index in [1.807, 2.05) is 0 Å². The molecule has 1 heterocycles. The van der Waals surface area contributed by atoms with Crippen molar-refractivity contribution in [3.63, 3.8) is 0 Å². The Morgan fingerprint density at radius 3 is 2.78 bits per heavy atom. The van der Waals surface area contributed by atoms with E-state index in [2.05, 4.69) is 4.98 Å². The molecule has 0 aliphatic heterocycles. The maximum atomic E-state index is 13.4. The van der Waals surface area contributed by atoms with Crippen LogP contribution < -0.4 is 0 Å². The number of hydrogen-bond donors (Lipinski definition) is 0. The Morgan fingerprint density at radius 2 is 2.06 bits per heavy atom. The summed E-state index contributed by atoms with van der Waals surface area (Å²) in [6, 6.07) is 4.44. The standard InChI is InChI=1S/C13H8ClF2NO/c14-11-7-17-4-3-10(11)13(18)6-8-5-9(15)1-2-12(8)16/h1-5,7H,6H2. The monoisotopic (exact) mass is 267 g/mol. The average molecular weight is 268 g/mol. The Labute approximate surface area is 107 Å². The zero-order valence-electron chi connectivity index (χ0n) is 9.16. The summed E-state index contributed by atoms with van der Waals surface area (Å²) >= 11 is 5.81. The lowest BCUT2D eigenvalue weighted by Crippen LogP contribution is -2.06. The fraction of sp³-hybridized carbons (Fsp3) is 0.0769. The molecule has 92 valence electrons. The molecular weight excluding hydrogens is 260 g/mol. The van der Waals surface area contributed by atoms with E-state index in [1.54, 1.807) is 0 Å². The van der Waals surface area contributed by atoms with Crippen molar-refractivity contribution in [2.45, 2.75) is 6.42 Å². The van der Waals surface area contributed by atoms with Crippen molar-refractivity contribution in [3.05, 3.63) is 64.4 Å². The van der Waals surface area contributed by atoms with Crippen molar-refractivity contribution in [3.8, 4) is 0 Å². The molecule has 0 saturated heterocycles. The van der Waals surface area contributed by atoms with E-state index in [-0.39, 0.29) is 28.4 Å². The Kier molecular flexibility index (Phi) is 3.67. The first kappa shape index (κ1) is 12.6. The first-order valence-corrected chi connectivity index (χ1v) is 5.52. The smallest absolute Gasteiger partial charge is 0.168 e. The number of pyridine rings is 1. The Hall–Kier alpha value is -1.81. The topological polar surface area (TPSA) is 30.0 Å². The molecule has 0 saturated carbocycles. The number of nitrogens with zero attached hydrogens (tertiary/aromatic N) is 1. The average Bonchev–Trinajstić information content (AvgIpc) is 2.34. The van der Waals surface area contributed by atoms with E-state index in [4.69, 9.17) is 11.6 Å². The molecule has 0 bridgehead atoms. The number of hydrogen-bond acceptors (Lipinski definition) is 2. The number of halogens is 3. The summed E-state index contributed by atoms with van der Waals surface area (Å²) in [5.74, 6) is -1.58. The molecule has 0 aliphatic rings. The van der Waals surface area contributed by atoms with E-state index < -0.39 is 11.6 Å². The highest BCUT2D eigenvalue weighted by Crippen LogP contribution is 2.18. The van der Waals surface area contributed by atoms with Crippen molar-refractivity contribution in [1.29, 1.82) is 0 Å². The number of Topliss-reactive ketones (excluding diaryl/α,β-unsaturated/α-hetero) is 1. The van der Waals surface area contributed by atoms with Gasteiger partial charge in [-0.3, -0.25) is 9.78 Å². The van der Waals surface area contributed by atoms with Gasteiger partial charge in [-0.25, -0.2) is 8.78 Å². The second-order valence-electron chi connectivity index (χ2n) is 3.69. The van der Waals surface area contributed by atoms with Gasteiger partial charge in [0.2, 0.25) is 0 Å². The zero-order valence-corrected chi connectivity index (χ0v) is 9.92. The summed E-state index contributed by atoms with van der Waals surface area (Å²) < 4.78 is 26.3. The third-order valence-electron chi connectivity index (χ3n) is 2.43. The predicted molar refractivity (Wildman–Crippen MR) is 63.6 cm³/mol. The van der Waals surface area contributed by atoms with Crippen LogP contribution in [0, 0.1) is 11.6 Å². The molecule has 2 aromatic rings. The minimum absolute atomic E-state index is 0.00730. The van der Waals surface area contributed by atoms with Crippen LogP contribution in [0.1, 0.15) is 15.9 Å². The largest absolute Gasteiger partial charge is 0.294 e. The van der Waals surface area contributed by atoms with E-state index in [0.29, 0.717) is 0 Å². The number of rotatable bonds is 3. The number of carbonyl (C=O) groups is 1. The molecule has 0 N–H and O–H groups in total. The SMILES string of the molecule is O=C(Cc1cc(F)ccc1F)c1ccncc1Cl. The van der Waals surface area contributed by atoms with Crippen molar-refractivity contribution < 1.29 is 13.6 Å². The second kappa shape index (κ2) is 5.23. The highest BCUT2D eigenvalue weighted by atomic mass is 35.5. The summed E-state index contributed by atoms with van der Waals surface area (Å²) in [5, 5.41) is 0.194. The molecule has 18 heavy (non-hydrogen) atoms. The fourth-order valence-corrected chi connectivity index (χ4v) is 1.77. The van der Waals surface area contributed by atoms with Gasteiger partial charge in [0.1, 0.15) is 11.6 Å². The summed E-state index contributed by atoms with van der Waals surface area (Å²) in [7, 11) is 0. The number of benzene rings is 1. The van der Waals surface area contributed by atoms with Gasteiger partial charge in [0, 0.05) is 24.4 Å². The molecular formula is C13H8ClF2NO. The lowest BCUT2D eigenvalue weighted by molar-refractivity contribution is 0.0992. The highest BCUT2D eigenvalue weighted by molar-refractivity contribution is 6.33. The van der Waals surface area contributed by atoms with Crippen LogP contribution in [0.25, 0.3) is 0 Å². The lowest BCUT2D eigenvalue weighted by atomic mass is 10.0. The van der Waals surface area contributed by atoms with Crippen LogP contribution >= 0.6 is 11.6 Å². The molecule has 0 atom stereocenters. The quantitative estimate of drug-likeness (QED) is 0.798. The normalized spacial score (nSPS) is 10.4. The molecule has 0 spiro atoms. The summed E-state index contributed by atoms with van der Waals surface area (Å²) in [6.45, 7) is 0. The highest BCUT2D eigenvalue weighted by Gasteiger charge is 2.14. The van der Waals surface area contributed by atoms with E-state index in [9.17, 15) is 13.6 Å². The molecule has 5 heteroatoms. The lowest BCUT2D eigenvalue weighted by Gasteiger charge is -2.04. The minimum Gasteiger partial charge on any atom is -0.294 e. The van der Waals surface area contributed by atoms with Crippen molar-refractivity contribution in [2.75, 3.05) is 0 Å². The van der Waals surface area contributed by atoms with Gasteiger partial charge >= 0.3 is 0 Å². The van der Waals surface area contributed by atoms with Gasteiger partial charge in [0.25, 0.3) is 0 Å². The minimum atomic E-state index is -0.616. The molecule has 1 aromatic heterocycles. The molecule has 0 fully saturated rings. The van der Waals surface area contributed by atoms with Crippen LogP contribution in [0.3, 0.4) is 0 Å². The van der Waals surface area contributed by atoms with Crippen LogP contribution in [-0.4, -0.2) is 10.8 Å². The van der Waals surface area contributed by atoms with Crippen molar-refractivity contribution >= 4 is 17.4 Å². The van der Waals surface area contributed by atoms with E-state index in [1.165, 1.54) is 18.5 Å². The second-order valence-corrected chi connectivity index (χ2v) is 4.10. The summed E-state index contributed by atoms with van der Waals surface area (Å²) in [6.07, 6.45) is 2.51. The van der Waals surface area contributed by atoms with Crippen LogP contribution in [0.5, 0.6) is 0 Å². The molecule has 2 rings (SSSR count). The zero-order chi connectivity index (χ0) is 13.1. The maximum absolute atomic E-state index is 13.4. The first-order chi connectivity index (χ1) is 8.58. The fourth-order valence-electron chi connectivity index (χ4n) is 1.55. The van der Waals surface area contributed by atoms with Gasteiger partial charge in [-0.1, -0.05) is 11.6 Å². The number of aromatic nitrogens is 1. The van der Waals surface area contributed by atoms with Crippen molar-refractivity contribution in [2.24, 2.45) is 0 Å². The molecule has 0 radical (unpaired) electrons. The number of ketones is 1. The molecule has 0 unspecified atom stereocenters. The Morgan fingerprint density at radius 1 is 1.28 bits per heavy atom. The number of carbonyl (C=O) groups excluding carboxylic acids is 1. The molecule has 0 amide bonds. The predicted octanol–water partition coefficient (Wildman–Crippen LogP) is 3.44. The van der Waals surface area contributed by atoms with Crippen LogP contribution in [0.15, 0.2) is 36.7 Å². The van der Waals surface area contributed by atoms with Gasteiger partial charge < -0.3 is 0 Å². The van der Waals surface area contributed by atoms with E-state index >= 15 is 0 Å². The molecule has 0 aliphatic carbocycles. The van der Waals surface area contributed by atoms with Crippen molar-refractivity contribution in [1.82, 2.24) is 4.98 Å². The van der Waals surface area contributed by atoms with Gasteiger partial charge in [-0.2, -0.15) is 0 Å². The van der Waals surface area contributed by atoms with Gasteiger partial charge in [-0.05, 0) is 29.8 Å². The Balaban J connectivity index is 2.27. The van der Waals surface area contributed by atoms with Gasteiger partial charge in [-0.15, -0.1) is 0 Å². The summed E-state index contributed by atoms with van der Waals surface area (Å²) in [5.41, 5.74) is 0.253. The van der Waals surface area contributed by atoms with Crippen LogP contribution in [0.2, 0.25) is 5.02 Å². The van der Waals surface area contributed by atoms with Gasteiger partial charge in [0.15, 0.2) is 5.78 Å². The van der Waals surface area contributed by atoms with E-state index in [0.717, 1.165) is 18.2 Å². The molecule has 1 aromatic carbocycles. The first-order valence-electron chi connectivity index (χ1n) is 5.14. The molecule has 2 nitrogen and oxygen atoms in total. The van der Waals surface area contributed by atoms with Gasteiger partial charge in [0.05, 0.1) is 5.02 Å². The third-order valence-corrected chi connectivity index (χ3v) is 2.73. The summed E-state index contributed by atoms with van der Waals surface area (Å²) in [4.78, 5) is 15.6. The maximum Gasteiger partial charge on any atom is 0.168 e.